The van der Waals surface area contributed by atoms with E-state index in [2.05, 4.69) is 22.4 Å². The van der Waals surface area contributed by atoms with Crippen LogP contribution in [-0.4, -0.2) is 15.5 Å². The number of thioether (sulfide) groups is 1. The number of nitrogens with zero attached hydrogens (tertiary/aromatic N) is 2. The van der Waals surface area contributed by atoms with Crippen molar-refractivity contribution in [1.29, 1.82) is 0 Å². The van der Waals surface area contributed by atoms with E-state index < -0.39 is 0 Å². The van der Waals surface area contributed by atoms with Crippen molar-refractivity contribution in [2.45, 2.75) is 17.2 Å². The van der Waals surface area contributed by atoms with Crippen molar-refractivity contribution in [1.82, 2.24) is 14.9 Å². The Morgan fingerprint density at radius 1 is 0.931 bits per heavy atom. The SMILES string of the molecule is O=C(NCc1ccccc1-n1ccnc1)c1ccc(CSc2ccccc2)cc1. The Hall–Kier alpha value is -3.31. The third-order valence-electron chi connectivity index (χ3n) is 4.58. The number of hydrogen-bond acceptors (Lipinski definition) is 3. The first-order valence-electron chi connectivity index (χ1n) is 9.41. The van der Waals surface area contributed by atoms with Crippen LogP contribution in [0.25, 0.3) is 5.69 Å². The van der Waals surface area contributed by atoms with Gasteiger partial charge in [0.1, 0.15) is 0 Å². The second-order valence-corrected chi connectivity index (χ2v) is 7.63. The number of para-hydroxylation sites is 1. The van der Waals surface area contributed by atoms with Crippen LogP contribution < -0.4 is 5.32 Å². The zero-order valence-corrected chi connectivity index (χ0v) is 16.7. The van der Waals surface area contributed by atoms with Gasteiger partial charge in [-0.3, -0.25) is 4.79 Å². The summed E-state index contributed by atoms with van der Waals surface area (Å²) in [5.41, 5.74) is 3.91. The predicted octanol–water partition coefficient (Wildman–Crippen LogP) is 5.09. The Balaban J connectivity index is 1.36. The minimum Gasteiger partial charge on any atom is -0.348 e. The Morgan fingerprint density at radius 3 is 2.45 bits per heavy atom. The van der Waals surface area contributed by atoms with Gasteiger partial charge in [0.2, 0.25) is 0 Å². The minimum absolute atomic E-state index is 0.0762. The van der Waals surface area contributed by atoms with Gasteiger partial charge in [-0.25, -0.2) is 4.98 Å². The first-order chi connectivity index (χ1) is 14.3. The Labute approximate surface area is 174 Å². The number of nitrogens with one attached hydrogen (secondary N) is 1. The zero-order valence-electron chi connectivity index (χ0n) is 15.9. The molecule has 0 bridgehead atoms. The molecule has 144 valence electrons. The Kier molecular flexibility index (Phi) is 6.07. The van der Waals surface area contributed by atoms with Gasteiger partial charge in [-0.05, 0) is 41.5 Å². The number of benzene rings is 3. The highest BCUT2D eigenvalue weighted by Crippen LogP contribution is 2.22. The van der Waals surface area contributed by atoms with Crippen LogP contribution in [0.4, 0.5) is 0 Å². The maximum absolute atomic E-state index is 12.6. The molecule has 4 nitrogen and oxygen atoms in total. The minimum atomic E-state index is -0.0762. The highest BCUT2D eigenvalue weighted by atomic mass is 32.2. The molecule has 0 unspecified atom stereocenters. The fourth-order valence-electron chi connectivity index (χ4n) is 3.03. The highest BCUT2D eigenvalue weighted by molar-refractivity contribution is 7.98. The smallest absolute Gasteiger partial charge is 0.251 e. The molecule has 0 spiro atoms. The van der Waals surface area contributed by atoms with Crippen LogP contribution >= 0.6 is 11.8 Å². The number of hydrogen-bond donors (Lipinski definition) is 1. The van der Waals surface area contributed by atoms with Gasteiger partial charge in [0.25, 0.3) is 5.91 Å². The molecule has 1 amide bonds. The zero-order chi connectivity index (χ0) is 19.9. The van der Waals surface area contributed by atoms with Gasteiger partial charge in [0.15, 0.2) is 0 Å². The quantitative estimate of drug-likeness (QED) is 0.440. The maximum atomic E-state index is 12.6. The summed E-state index contributed by atoms with van der Waals surface area (Å²) in [6.07, 6.45) is 5.40. The van der Waals surface area contributed by atoms with Crippen molar-refractivity contribution >= 4 is 17.7 Å². The molecule has 0 aliphatic rings. The van der Waals surface area contributed by atoms with Crippen molar-refractivity contribution in [3.8, 4) is 5.69 Å². The van der Waals surface area contributed by atoms with E-state index in [9.17, 15) is 4.79 Å². The molecule has 3 aromatic carbocycles. The van der Waals surface area contributed by atoms with Crippen LogP contribution in [0.15, 0.2) is 102 Å². The third-order valence-corrected chi connectivity index (χ3v) is 5.66. The van der Waals surface area contributed by atoms with Gasteiger partial charge in [-0.15, -0.1) is 11.8 Å². The monoisotopic (exact) mass is 399 g/mol. The van der Waals surface area contributed by atoms with Gasteiger partial charge in [-0.2, -0.15) is 0 Å². The van der Waals surface area contributed by atoms with Crippen molar-refractivity contribution in [3.63, 3.8) is 0 Å². The Bertz CT molecular complexity index is 1060. The summed E-state index contributed by atoms with van der Waals surface area (Å²) in [4.78, 5) is 17.9. The molecule has 1 N–H and O–H groups in total. The van der Waals surface area contributed by atoms with E-state index in [1.54, 1.807) is 24.3 Å². The summed E-state index contributed by atoms with van der Waals surface area (Å²) >= 11 is 1.79. The summed E-state index contributed by atoms with van der Waals surface area (Å²) in [6, 6.07) is 26.1. The largest absolute Gasteiger partial charge is 0.348 e. The van der Waals surface area contributed by atoms with Crippen molar-refractivity contribution < 1.29 is 4.79 Å². The van der Waals surface area contributed by atoms with E-state index in [0.29, 0.717) is 12.1 Å². The topological polar surface area (TPSA) is 46.9 Å². The third kappa shape index (κ3) is 4.95. The molecule has 0 saturated carbocycles. The van der Waals surface area contributed by atoms with Crippen LogP contribution in [0.5, 0.6) is 0 Å². The molecular weight excluding hydrogens is 378 g/mol. The van der Waals surface area contributed by atoms with Crippen molar-refractivity contribution in [2.24, 2.45) is 0 Å². The molecule has 0 saturated heterocycles. The van der Waals surface area contributed by atoms with Crippen LogP contribution in [0.2, 0.25) is 0 Å². The summed E-state index contributed by atoms with van der Waals surface area (Å²) in [5.74, 6) is 0.803. The lowest BCUT2D eigenvalue weighted by atomic mass is 10.1. The molecule has 1 heterocycles. The van der Waals surface area contributed by atoms with Crippen LogP contribution in [0.1, 0.15) is 21.5 Å². The second kappa shape index (κ2) is 9.26. The van der Waals surface area contributed by atoms with Crippen LogP contribution in [0.3, 0.4) is 0 Å². The van der Waals surface area contributed by atoms with E-state index in [1.807, 2.05) is 77.5 Å². The van der Waals surface area contributed by atoms with Gasteiger partial charge in [-0.1, -0.05) is 48.5 Å². The molecule has 0 atom stereocenters. The summed E-state index contributed by atoms with van der Waals surface area (Å²) in [5, 5.41) is 3.02. The van der Waals surface area contributed by atoms with Gasteiger partial charge in [0.05, 0.1) is 12.0 Å². The summed E-state index contributed by atoms with van der Waals surface area (Å²) in [6.45, 7) is 0.457. The lowest BCUT2D eigenvalue weighted by Gasteiger charge is -2.11. The van der Waals surface area contributed by atoms with Crippen molar-refractivity contribution in [2.75, 3.05) is 0 Å². The van der Waals surface area contributed by atoms with Gasteiger partial charge < -0.3 is 9.88 Å². The number of amides is 1. The standard InChI is InChI=1S/C24H21N3OS/c28-24(26-16-21-6-4-5-9-23(21)27-15-14-25-18-27)20-12-10-19(11-13-20)17-29-22-7-2-1-3-8-22/h1-15,18H,16-17H2,(H,26,28). The fraction of sp³-hybridized carbons (Fsp3) is 0.0833. The van der Waals surface area contributed by atoms with E-state index in [4.69, 9.17) is 0 Å². The number of aromatic nitrogens is 2. The molecule has 0 aliphatic heterocycles. The molecule has 1 aromatic heterocycles. The molecule has 4 rings (SSSR count). The molecule has 29 heavy (non-hydrogen) atoms. The number of rotatable bonds is 7. The summed E-state index contributed by atoms with van der Waals surface area (Å²) in [7, 11) is 0. The number of carbonyl (C=O) groups excluding carboxylic acids is 1. The second-order valence-electron chi connectivity index (χ2n) is 6.58. The first kappa shape index (κ1) is 19.0. The molecule has 4 aromatic rings. The molecule has 0 fully saturated rings. The van der Waals surface area contributed by atoms with E-state index in [1.165, 1.54) is 10.5 Å². The number of carbonyl (C=O) groups is 1. The average molecular weight is 400 g/mol. The molecule has 5 heteroatoms. The van der Waals surface area contributed by atoms with E-state index in [0.717, 1.165) is 17.0 Å². The van der Waals surface area contributed by atoms with Gasteiger partial charge >= 0.3 is 0 Å². The molecular formula is C24H21N3OS. The van der Waals surface area contributed by atoms with E-state index in [-0.39, 0.29) is 5.91 Å². The maximum Gasteiger partial charge on any atom is 0.251 e. The fourth-order valence-corrected chi connectivity index (χ4v) is 3.90. The van der Waals surface area contributed by atoms with Gasteiger partial charge in [0, 0.05) is 35.2 Å². The lowest BCUT2D eigenvalue weighted by molar-refractivity contribution is 0.0951. The molecule has 0 radical (unpaired) electrons. The van der Waals surface area contributed by atoms with E-state index >= 15 is 0 Å². The summed E-state index contributed by atoms with van der Waals surface area (Å²) < 4.78 is 1.95. The van der Waals surface area contributed by atoms with Crippen LogP contribution in [-0.2, 0) is 12.3 Å². The van der Waals surface area contributed by atoms with Crippen molar-refractivity contribution in [3.05, 3.63) is 114 Å². The average Bonchev–Trinajstić information content (AvgIpc) is 3.32. The normalized spacial score (nSPS) is 10.6. The van der Waals surface area contributed by atoms with Crippen LogP contribution in [0, 0.1) is 0 Å². The predicted molar refractivity (Wildman–Crippen MR) is 117 cm³/mol. The first-order valence-corrected chi connectivity index (χ1v) is 10.4. The Morgan fingerprint density at radius 2 is 1.69 bits per heavy atom. The number of imidazole rings is 1. The molecule has 0 aliphatic carbocycles. The highest BCUT2D eigenvalue weighted by Gasteiger charge is 2.08. The lowest BCUT2D eigenvalue weighted by Crippen LogP contribution is -2.23.